The second-order valence-electron chi connectivity index (χ2n) is 4.60. The van der Waals surface area contributed by atoms with Crippen LogP contribution in [0.3, 0.4) is 0 Å². The maximum Gasteiger partial charge on any atom is 0.143 e. The van der Waals surface area contributed by atoms with Crippen molar-refractivity contribution in [3.05, 3.63) is 26.6 Å². The number of nitrogens with one attached hydrogen (secondary N) is 1. The van der Waals surface area contributed by atoms with Crippen LogP contribution in [0.15, 0.2) is 21.1 Å². The first-order valence-electron chi connectivity index (χ1n) is 6.12. The SMILES string of the molecule is Oc1c(Br)cc(CNCCOCC2CC2)cc1Br. The van der Waals surface area contributed by atoms with Gasteiger partial charge in [0.05, 0.1) is 15.6 Å². The molecule has 5 heteroatoms. The van der Waals surface area contributed by atoms with Crippen molar-refractivity contribution in [2.24, 2.45) is 5.92 Å². The summed E-state index contributed by atoms with van der Waals surface area (Å²) in [6.07, 6.45) is 2.67. The topological polar surface area (TPSA) is 41.5 Å². The molecular weight excluding hydrogens is 362 g/mol. The highest BCUT2D eigenvalue weighted by atomic mass is 79.9. The highest BCUT2D eigenvalue weighted by molar-refractivity contribution is 9.11. The van der Waals surface area contributed by atoms with Crippen LogP contribution in [0.5, 0.6) is 5.75 Å². The number of hydrogen-bond acceptors (Lipinski definition) is 3. The molecule has 0 radical (unpaired) electrons. The van der Waals surface area contributed by atoms with Crippen molar-refractivity contribution < 1.29 is 9.84 Å². The largest absolute Gasteiger partial charge is 0.506 e. The molecule has 1 aromatic carbocycles. The van der Waals surface area contributed by atoms with Gasteiger partial charge in [0.25, 0.3) is 0 Å². The lowest BCUT2D eigenvalue weighted by molar-refractivity contribution is 0.126. The van der Waals surface area contributed by atoms with Gasteiger partial charge < -0.3 is 15.2 Å². The summed E-state index contributed by atoms with van der Waals surface area (Å²) in [7, 11) is 0. The lowest BCUT2D eigenvalue weighted by Crippen LogP contribution is -2.19. The van der Waals surface area contributed by atoms with Gasteiger partial charge in [-0.2, -0.15) is 0 Å². The molecule has 0 aromatic heterocycles. The van der Waals surface area contributed by atoms with Crippen LogP contribution in [-0.4, -0.2) is 24.9 Å². The summed E-state index contributed by atoms with van der Waals surface area (Å²) in [5, 5.41) is 12.9. The van der Waals surface area contributed by atoms with Crippen molar-refractivity contribution in [3.8, 4) is 5.75 Å². The van der Waals surface area contributed by atoms with Gasteiger partial charge >= 0.3 is 0 Å². The average molecular weight is 379 g/mol. The number of rotatable bonds is 7. The maximum atomic E-state index is 9.60. The van der Waals surface area contributed by atoms with Crippen LogP contribution in [0, 0.1) is 5.92 Å². The Kier molecular flexibility index (Phi) is 5.48. The third-order valence-corrected chi connectivity index (χ3v) is 4.09. The minimum Gasteiger partial charge on any atom is -0.506 e. The zero-order valence-electron chi connectivity index (χ0n) is 10.1. The smallest absolute Gasteiger partial charge is 0.143 e. The molecule has 0 aliphatic heterocycles. The van der Waals surface area contributed by atoms with E-state index < -0.39 is 0 Å². The normalized spacial score (nSPS) is 15.0. The molecule has 1 aromatic rings. The molecule has 2 rings (SSSR count). The van der Waals surface area contributed by atoms with Gasteiger partial charge in [-0.05, 0) is 68.3 Å². The van der Waals surface area contributed by atoms with E-state index in [2.05, 4.69) is 37.2 Å². The van der Waals surface area contributed by atoms with Crippen LogP contribution >= 0.6 is 31.9 Å². The van der Waals surface area contributed by atoms with Gasteiger partial charge in [0.15, 0.2) is 0 Å². The van der Waals surface area contributed by atoms with E-state index in [0.717, 1.165) is 37.8 Å². The van der Waals surface area contributed by atoms with Crippen molar-refractivity contribution in [1.29, 1.82) is 0 Å². The van der Waals surface area contributed by atoms with Crippen molar-refractivity contribution in [2.75, 3.05) is 19.8 Å². The lowest BCUT2D eigenvalue weighted by Gasteiger charge is -2.08. The molecule has 0 bridgehead atoms. The Balaban J connectivity index is 1.66. The van der Waals surface area contributed by atoms with Crippen LogP contribution in [0.25, 0.3) is 0 Å². The zero-order valence-corrected chi connectivity index (χ0v) is 13.3. The molecule has 0 unspecified atom stereocenters. The van der Waals surface area contributed by atoms with Gasteiger partial charge in [-0.3, -0.25) is 0 Å². The van der Waals surface area contributed by atoms with Crippen LogP contribution in [0.4, 0.5) is 0 Å². The van der Waals surface area contributed by atoms with Crippen molar-refractivity contribution in [3.63, 3.8) is 0 Å². The Labute approximate surface area is 124 Å². The average Bonchev–Trinajstić information content (AvgIpc) is 3.14. The first-order valence-corrected chi connectivity index (χ1v) is 7.71. The number of benzene rings is 1. The number of halogens is 2. The minimum absolute atomic E-state index is 0.242. The molecule has 2 N–H and O–H groups in total. The molecule has 1 fully saturated rings. The quantitative estimate of drug-likeness (QED) is 0.714. The standard InChI is InChI=1S/C13H17Br2NO2/c14-11-5-10(6-12(15)13(11)17)7-16-3-4-18-8-9-1-2-9/h5-6,9,16-17H,1-4,7-8H2. The monoisotopic (exact) mass is 377 g/mol. The second-order valence-corrected chi connectivity index (χ2v) is 6.31. The van der Waals surface area contributed by atoms with Gasteiger partial charge in [0, 0.05) is 19.7 Å². The summed E-state index contributed by atoms with van der Waals surface area (Å²) in [4.78, 5) is 0. The zero-order chi connectivity index (χ0) is 13.0. The fourth-order valence-corrected chi connectivity index (χ4v) is 2.91. The Morgan fingerprint density at radius 2 is 1.94 bits per heavy atom. The third kappa shape index (κ3) is 4.53. The fourth-order valence-electron chi connectivity index (χ4n) is 1.63. The summed E-state index contributed by atoms with van der Waals surface area (Å²) >= 11 is 6.64. The molecule has 100 valence electrons. The van der Waals surface area contributed by atoms with E-state index in [1.807, 2.05) is 12.1 Å². The molecule has 0 heterocycles. The Bertz CT molecular complexity index is 385. The minimum atomic E-state index is 0.242. The number of phenols is 1. The third-order valence-electron chi connectivity index (χ3n) is 2.88. The Hall–Kier alpha value is -0.100. The molecule has 18 heavy (non-hydrogen) atoms. The molecular formula is C13H17Br2NO2. The Morgan fingerprint density at radius 3 is 2.56 bits per heavy atom. The van der Waals surface area contributed by atoms with Gasteiger partial charge in [0.1, 0.15) is 5.75 Å². The summed E-state index contributed by atoms with van der Waals surface area (Å²) in [5.74, 6) is 1.07. The van der Waals surface area contributed by atoms with Gasteiger partial charge in [-0.15, -0.1) is 0 Å². The molecule has 3 nitrogen and oxygen atoms in total. The first kappa shape index (κ1) is 14.3. The van der Waals surface area contributed by atoms with Crippen LogP contribution < -0.4 is 5.32 Å². The molecule has 0 atom stereocenters. The first-order chi connectivity index (χ1) is 8.66. The number of aromatic hydroxyl groups is 1. The molecule has 1 aliphatic rings. The van der Waals surface area contributed by atoms with Crippen molar-refractivity contribution >= 4 is 31.9 Å². The summed E-state index contributed by atoms with van der Waals surface area (Å²) in [6, 6.07) is 3.83. The number of phenolic OH excluding ortho intramolecular Hbond substituents is 1. The summed E-state index contributed by atoms with van der Waals surface area (Å²) in [6.45, 7) is 3.29. The van der Waals surface area contributed by atoms with E-state index >= 15 is 0 Å². The molecule has 1 saturated carbocycles. The second kappa shape index (κ2) is 6.89. The molecule has 0 saturated heterocycles. The van der Waals surface area contributed by atoms with E-state index in [4.69, 9.17) is 4.74 Å². The number of ether oxygens (including phenoxy) is 1. The van der Waals surface area contributed by atoms with E-state index in [1.54, 1.807) is 0 Å². The maximum absolute atomic E-state index is 9.60. The van der Waals surface area contributed by atoms with Gasteiger partial charge in [-0.25, -0.2) is 0 Å². The molecule has 0 spiro atoms. The van der Waals surface area contributed by atoms with Crippen LogP contribution in [0.2, 0.25) is 0 Å². The molecule has 1 aliphatic carbocycles. The highest BCUT2D eigenvalue weighted by Crippen LogP contribution is 2.33. The van der Waals surface area contributed by atoms with E-state index in [9.17, 15) is 5.11 Å². The molecule has 0 amide bonds. The van der Waals surface area contributed by atoms with Gasteiger partial charge in [-0.1, -0.05) is 0 Å². The van der Waals surface area contributed by atoms with Crippen LogP contribution in [-0.2, 0) is 11.3 Å². The Morgan fingerprint density at radius 1 is 1.28 bits per heavy atom. The summed E-state index contributed by atoms with van der Waals surface area (Å²) in [5.41, 5.74) is 1.12. The van der Waals surface area contributed by atoms with Crippen LogP contribution in [0.1, 0.15) is 18.4 Å². The van der Waals surface area contributed by atoms with Gasteiger partial charge in [0.2, 0.25) is 0 Å². The summed E-state index contributed by atoms with van der Waals surface area (Å²) < 4.78 is 6.96. The fraction of sp³-hybridized carbons (Fsp3) is 0.538. The predicted molar refractivity (Wildman–Crippen MR) is 78.8 cm³/mol. The highest BCUT2D eigenvalue weighted by Gasteiger charge is 2.20. The number of hydrogen-bond donors (Lipinski definition) is 2. The van der Waals surface area contributed by atoms with E-state index in [1.165, 1.54) is 12.8 Å². The van der Waals surface area contributed by atoms with E-state index in [-0.39, 0.29) is 5.75 Å². The van der Waals surface area contributed by atoms with Crippen molar-refractivity contribution in [2.45, 2.75) is 19.4 Å². The lowest BCUT2D eigenvalue weighted by atomic mass is 10.2. The van der Waals surface area contributed by atoms with Crippen molar-refractivity contribution in [1.82, 2.24) is 5.32 Å². The van der Waals surface area contributed by atoms with E-state index in [0.29, 0.717) is 8.95 Å². The predicted octanol–water partition coefficient (Wildman–Crippen LogP) is 3.43.